The van der Waals surface area contributed by atoms with E-state index in [0.29, 0.717) is 24.7 Å². The van der Waals surface area contributed by atoms with Crippen LogP contribution in [0.3, 0.4) is 0 Å². The lowest BCUT2D eigenvalue weighted by Gasteiger charge is -2.18. The number of aromatic nitrogens is 2. The van der Waals surface area contributed by atoms with Crippen LogP contribution in [-0.2, 0) is 11.2 Å². The molecular formula is C18H21N3O. The maximum Gasteiger partial charge on any atom is 0.220 e. The van der Waals surface area contributed by atoms with E-state index in [1.165, 1.54) is 12.8 Å². The predicted octanol–water partition coefficient (Wildman–Crippen LogP) is 2.82. The third-order valence-electron chi connectivity index (χ3n) is 5.01. The van der Waals surface area contributed by atoms with Crippen molar-refractivity contribution in [2.45, 2.75) is 25.7 Å². The van der Waals surface area contributed by atoms with Crippen LogP contribution in [0.15, 0.2) is 36.4 Å². The Kier molecular flexibility index (Phi) is 3.45. The van der Waals surface area contributed by atoms with Crippen molar-refractivity contribution in [1.29, 1.82) is 0 Å². The number of carbonyl (C=O) groups is 1. The maximum atomic E-state index is 12.0. The monoisotopic (exact) mass is 295 g/mol. The molecule has 1 heterocycles. The van der Waals surface area contributed by atoms with Gasteiger partial charge >= 0.3 is 0 Å². The molecule has 2 aliphatic carbocycles. The van der Waals surface area contributed by atoms with Gasteiger partial charge in [-0.25, -0.2) is 4.98 Å². The summed E-state index contributed by atoms with van der Waals surface area (Å²) >= 11 is 0. The van der Waals surface area contributed by atoms with Crippen molar-refractivity contribution in [1.82, 2.24) is 15.3 Å². The number of hydrogen-bond donors (Lipinski definition) is 2. The second kappa shape index (κ2) is 5.59. The Morgan fingerprint density at radius 3 is 2.95 bits per heavy atom. The summed E-state index contributed by atoms with van der Waals surface area (Å²) in [7, 11) is 0. The van der Waals surface area contributed by atoms with E-state index in [1.54, 1.807) is 0 Å². The Labute approximate surface area is 130 Å². The molecule has 0 radical (unpaired) electrons. The van der Waals surface area contributed by atoms with Gasteiger partial charge in [0.1, 0.15) is 5.82 Å². The zero-order chi connectivity index (χ0) is 14.9. The number of benzene rings is 1. The normalized spacial score (nSPS) is 25.9. The Morgan fingerprint density at radius 1 is 1.27 bits per heavy atom. The number of hydrogen-bond acceptors (Lipinski definition) is 2. The molecule has 0 unspecified atom stereocenters. The molecule has 0 saturated heterocycles. The molecule has 1 aromatic carbocycles. The SMILES string of the molecule is O=C(CCc1nc2ccccc2[nH]1)NC[C@H]1C[C@H]2C=C[C@H]1C2. The van der Waals surface area contributed by atoms with Crippen LogP contribution in [-0.4, -0.2) is 22.4 Å². The fourth-order valence-corrected chi connectivity index (χ4v) is 3.82. The first-order chi connectivity index (χ1) is 10.8. The highest BCUT2D eigenvalue weighted by molar-refractivity contribution is 5.77. The summed E-state index contributed by atoms with van der Waals surface area (Å²) in [5, 5.41) is 3.10. The van der Waals surface area contributed by atoms with Gasteiger partial charge in [0.2, 0.25) is 5.91 Å². The van der Waals surface area contributed by atoms with Crippen LogP contribution in [0.1, 0.15) is 25.1 Å². The zero-order valence-corrected chi connectivity index (χ0v) is 12.6. The third kappa shape index (κ3) is 2.65. The molecule has 4 heteroatoms. The van der Waals surface area contributed by atoms with Gasteiger partial charge in [0.05, 0.1) is 11.0 Å². The number of nitrogens with zero attached hydrogens (tertiary/aromatic N) is 1. The molecule has 3 atom stereocenters. The lowest BCUT2D eigenvalue weighted by Crippen LogP contribution is -2.31. The number of para-hydroxylation sites is 2. The second-order valence-corrected chi connectivity index (χ2v) is 6.55. The third-order valence-corrected chi connectivity index (χ3v) is 5.01. The van der Waals surface area contributed by atoms with Crippen molar-refractivity contribution in [3.63, 3.8) is 0 Å². The van der Waals surface area contributed by atoms with Crippen LogP contribution >= 0.6 is 0 Å². The summed E-state index contributed by atoms with van der Waals surface area (Å²) in [6.07, 6.45) is 8.36. The quantitative estimate of drug-likeness (QED) is 0.833. The summed E-state index contributed by atoms with van der Waals surface area (Å²) in [4.78, 5) is 19.8. The van der Waals surface area contributed by atoms with Gasteiger partial charge in [0.15, 0.2) is 0 Å². The van der Waals surface area contributed by atoms with Crippen LogP contribution in [0.5, 0.6) is 0 Å². The Hall–Kier alpha value is -2.10. The Bertz CT molecular complexity index is 685. The van der Waals surface area contributed by atoms with Crippen LogP contribution < -0.4 is 5.32 Å². The number of carbonyl (C=O) groups excluding carboxylic acids is 1. The van der Waals surface area contributed by atoms with Crippen molar-refractivity contribution >= 4 is 16.9 Å². The van der Waals surface area contributed by atoms with Gasteiger partial charge < -0.3 is 10.3 Å². The van der Waals surface area contributed by atoms with E-state index in [4.69, 9.17) is 0 Å². The number of allylic oxidation sites excluding steroid dienone is 2. The first kappa shape index (κ1) is 13.6. The highest BCUT2D eigenvalue weighted by atomic mass is 16.1. The van der Waals surface area contributed by atoms with E-state index in [1.807, 2.05) is 24.3 Å². The number of aryl methyl sites for hydroxylation is 1. The van der Waals surface area contributed by atoms with Gasteiger partial charge in [0, 0.05) is 19.4 Å². The average Bonchev–Trinajstić information content (AvgIpc) is 3.24. The minimum atomic E-state index is 0.132. The van der Waals surface area contributed by atoms with Crippen LogP contribution in [0.2, 0.25) is 0 Å². The van der Waals surface area contributed by atoms with Gasteiger partial charge in [0.25, 0.3) is 0 Å². The minimum absolute atomic E-state index is 0.132. The van der Waals surface area contributed by atoms with Crippen molar-refractivity contribution in [2.24, 2.45) is 17.8 Å². The molecule has 2 aliphatic rings. The number of H-pyrrole nitrogens is 1. The predicted molar refractivity (Wildman–Crippen MR) is 86.3 cm³/mol. The number of imidazole rings is 1. The first-order valence-corrected chi connectivity index (χ1v) is 8.16. The molecule has 114 valence electrons. The molecule has 1 saturated carbocycles. The summed E-state index contributed by atoms with van der Waals surface area (Å²) < 4.78 is 0. The fraction of sp³-hybridized carbons (Fsp3) is 0.444. The molecule has 4 rings (SSSR count). The minimum Gasteiger partial charge on any atom is -0.356 e. The van der Waals surface area contributed by atoms with Crippen LogP contribution in [0.25, 0.3) is 11.0 Å². The van der Waals surface area contributed by atoms with Crippen molar-refractivity contribution in [3.8, 4) is 0 Å². The number of nitrogens with one attached hydrogen (secondary N) is 2. The average molecular weight is 295 g/mol. The molecule has 1 amide bonds. The summed E-state index contributed by atoms with van der Waals surface area (Å²) in [6.45, 7) is 0.824. The highest BCUT2D eigenvalue weighted by Gasteiger charge is 2.35. The number of fused-ring (bicyclic) bond motifs is 3. The maximum absolute atomic E-state index is 12.0. The number of aromatic amines is 1. The molecule has 2 aromatic rings. The van der Waals surface area contributed by atoms with Crippen molar-refractivity contribution in [3.05, 3.63) is 42.2 Å². The molecule has 1 aromatic heterocycles. The standard InChI is InChI=1S/C18H21N3O/c22-18(19-11-14-10-12-5-6-13(14)9-12)8-7-17-20-15-3-1-2-4-16(15)21-17/h1-6,12-14H,7-11H2,(H,19,22)(H,20,21)/t12-,13-,14+/m0/s1. The molecule has 0 aliphatic heterocycles. The topological polar surface area (TPSA) is 57.8 Å². The molecule has 2 N–H and O–H groups in total. The molecule has 4 nitrogen and oxygen atoms in total. The Morgan fingerprint density at radius 2 is 2.18 bits per heavy atom. The van der Waals surface area contributed by atoms with Crippen LogP contribution in [0, 0.1) is 17.8 Å². The fourth-order valence-electron chi connectivity index (χ4n) is 3.82. The number of amides is 1. The molecule has 0 spiro atoms. The van der Waals surface area contributed by atoms with Gasteiger partial charge in [-0.3, -0.25) is 4.79 Å². The molecular weight excluding hydrogens is 274 g/mol. The summed E-state index contributed by atoms with van der Waals surface area (Å²) in [6, 6.07) is 7.96. The van der Waals surface area contributed by atoms with E-state index in [2.05, 4.69) is 27.4 Å². The lowest BCUT2D eigenvalue weighted by atomic mass is 9.93. The van der Waals surface area contributed by atoms with E-state index in [0.717, 1.165) is 29.3 Å². The van der Waals surface area contributed by atoms with Gasteiger partial charge in [-0.1, -0.05) is 24.3 Å². The second-order valence-electron chi connectivity index (χ2n) is 6.55. The molecule has 1 fully saturated rings. The van der Waals surface area contributed by atoms with Crippen molar-refractivity contribution < 1.29 is 4.79 Å². The Balaban J connectivity index is 1.26. The van der Waals surface area contributed by atoms with E-state index in [-0.39, 0.29) is 5.91 Å². The highest BCUT2D eigenvalue weighted by Crippen LogP contribution is 2.42. The first-order valence-electron chi connectivity index (χ1n) is 8.16. The van der Waals surface area contributed by atoms with Gasteiger partial charge in [-0.05, 0) is 42.7 Å². The van der Waals surface area contributed by atoms with E-state index < -0.39 is 0 Å². The molecule has 22 heavy (non-hydrogen) atoms. The van der Waals surface area contributed by atoms with Gasteiger partial charge in [-0.15, -0.1) is 0 Å². The smallest absolute Gasteiger partial charge is 0.220 e. The van der Waals surface area contributed by atoms with E-state index >= 15 is 0 Å². The summed E-state index contributed by atoms with van der Waals surface area (Å²) in [5.41, 5.74) is 2.00. The van der Waals surface area contributed by atoms with Crippen molar-refractivity contribution in [2.75, 3.05) is 6.54 Å². The zero-order valence-electron chi connectivity index (χ0n) is 12.6. The summed E-state index contributed by atoms with van der Waals surface area (Å²) in [5.74, 6) is 3.12. The van der Waals surface area contributed by atoms with E-state index in [9.17, 15) is 4.79 Å². The molecule has 2 bridgehead atoms. The van der Waals surface area contributed by atoms with Crippen LogP contribution in [0.4, 0.5) is 0 Å². The number of rotatable bonds is 5. The lowest BCUT2D eigenvalue weighted by molar-refractivity contribution is -0.121. The van der Waals surface area contributed by atoms with Gasteiger partial charge in [-0.2, -0.15) is 0 Å². The largest absolute Gasteiger partial charge is 0.356 e.